The Morgan fingerprint density at radius 1 is 1.00 bits per heavy atom. The summed E-state index contributed by atoms with van der Waals surface area (Å²) in [5.41, 5.74) is 4.30. The molecule has 0 unspecified atom stereocenters. The van der Waals surface area contributed by atoms with Crippen molar-refractivity contribution in [3.63, 3.8) is 0 Å². The molecule has 4 aromatic rings. The molecule has 0 aliphatic carbocycles. The topological polar surface area (TPSA) is 54.5 Å². The van der Waals surface area contributed by atoms with Crippen LogP contribution in [0.25, 0.3) is 33.2 Å². The molecule has 0 atom stereocenters. The maximum absolute atomic E-state index is 12.9. The standard InChI is InChI=1S/C16H11FN4/c1-9-6-14-12(8-18-9)11-3-4-13(20-16(11)21-14)10-2-5-15(17)19-7-10/h2-8H,1H3,(H,20,21). The van der Waals surface area contributed by atoms with Gasteiger partial charge in [0.2, 0.25) is 5.95 Å². The zero-order valence-electron chi connectivity index (χ0n) is 11.3. The molecule has 0 aliphatic rings. The highest BCUT2D eigenvalue weighted by Gasteiger charge is 2.08. The second-order valence-electron chi connectivity index (χ2n) is 4.96. The molecule has 0 amide bonds. The lowest BCUT2D eigenvalue weighted by Gasteiger charge is -2.00. The van der Waals surface area contributed by atoms with E-state index < -0.39 is 5.95 Å². The van der Waals surface area contributed by atoms with E-state index in [1.54, 1.807) is 6.07 Å². The van der Waals surface area contributed by atoms with Gasteiger partial charge >= 0.3 is 0 Å². The molecule has 0 spiro atoms. The zero-order chi connectivity index (χ0) is 14.4. The van der Waals surface area contributed by atoms with Crippen LogP contribution in [0, 0.1) is 12.9 Å². The first kappa shape index (κ1) is 12.0. The third-order valence-corrected chi connectivity index (χ3v) is 3.50. The lowest BCUT2D eigenvalue weighted by Crippen LogP contribution is -1.87. The van der Waals surface area contributed by atoms with Crippen molar-refractivity contribution in [2.75, 3.05) is 0 Å². The van der Waals surface area contributed by atoms with Gasteiger partial charge < -0.3 is 4.98 Å². The minimum Gasteiger partial charge on any atom is -0.339 e. The largest absolute Gasteiger partial charge is 0.339 e. The Hall–Kier alpha value is -2.82. The molecule has 4 aromatic heterocycles. The van der Waals surface area contributed by atoms with Crippen molar-refractivity contribution < 1.29 is 4.39 Å². The van der Waals surface area contributed by atoms with Crippen molar-refractivity contribution in [1.29, 1.82) is 0 Å². The second kappa shape index (κ2) is 4.34. The normalized spacial score (nSPS) is 11.3. The molecule has 4 heterocycles. The Labute approximate surface area is 119 Å². The van der Waals surface area contributed by atoms with Crippen LogP contribution in [0.4, 0.5) is 4.39 Å². The maximum atomic E-state index is 12.9. The highest BCUT2D eigenvalue weighted by atomic mass is 19.1. The Morgan fingerprint density at radius 2 is 1.90 bits per heavy atom. The molecule has 0 aromatic carbocycles. The molecule has 5 heteroatoms. The Balaban J connectivity index is 1.93. The number of aromatic amines is 1. The molecule has 1 N–H and O–H groups in total. The van der Waals surface area contributed by atoms with Gasteiger partial charge in [-0.25, -0.2) is 9.97 Å². The number of pyridine rings is 3. The fourth-order valence-electron chi connectivity index (χ4n) is 2.47. The van der Waals surface area contributed by atoms with E-state index in [4.69, 9.17) is 0 Å². The maximum Gasteiger partial charge on any atom is 0.212 e. The number of fused-ring (bicyclic) bond motifs is 3. The number of nitrogens with one attached hydrogen (secondary N) is 1. The molecule has 0 bridgehead atoms. The predicted octanol–water partition coefficient (Wildman–Crippen LogP) is 3.62. The van der Waals surface area contributed by atoms with E-state index in [1.165, 1.54) is 12.3 Å². The van der Waals surface area contributed by atoms with Gasteiger partial charge in [-0.15, -0.1) is 0 Å². The van der Waals surface area contributed by atoms with E-state index in [2.05, 4.69) is 19.9 Å². The number of aryl methyl sites for hydroxylation is 1. The predicted molar refractivity (Wildman–Crippen MR) is 79.3 cm³/mol. The van der Waals surface area contributed by atoms with Crippen LogP contribution < -0.4 is 0 Å². The fourth-order valence-corrected chi connectivity index (χ4v) is 2.47. The van der Waals surface area contributed by atoms with Crippen molar-refractivity contribution in [1.82, 2.24) is 19.9 Å². The fraction of sp³-hybridized carbons (Fsp3) is 0.0625. The first-order valence-electron chi connectivity index (χ1n) is 6.58. The Morgan fingerprint density at radius 3 is 2.71 bits per heavy atom. The lowest BCUT2D eigenvalue weighted by atomic mass is 10.1. The monoisotopic (exact) mass is 278 g/mol. The molecule has 4 nitrogen and oxygen atoms in total. The number of aromatic nitrogens is 4. The molecule has 0 saturated carbocycles. The van der Waals surface area contributed by atoms with E-state index in [-0.39, 0.29) is 0 Å². The average Bonchev–Trinajstić information content (AvgIpc) is 2.84. The summed E-state index contributed by atoms with van der Waals surface area (Å²) in [6.45, 7) is 1.95. The van der Waals surface area contributed by atoms with Crippen LogP contribution in [0.15, 0.2) is 42.7 Å². The number of H-pyrrole nitrogens is 1. The minimum absolute atomic E-state index is 0.494. The van der Waals surface area contributed by atoms with E-state index in [9.17, 15) is 4.39 Å². The van der Waals surface area contributed by atoms with Crippen LogP contribution in [-0.2, 0) is 0 Å². The lowest BCUT2D eigenvalue weighted by molar-refractivity contribution is 0.584. The van der Waals surface area contributed by atoms with Crippen LogP contribution in [0.3, 0.4) is 0 Å². The van der Waals surface area contributed by atoms with E-state index >= 15 is 0 Å². The number of hydrogen-bond donors (Lipinski definition) is 1. The summed E-state index contributed by atoms with van der Waals surface area (Å²) in [5, 5.41) is 2.07. The SMILES string of the molecule is Cc1cc2[nH]c3nc(-c4ccc(F)nc4)ccc3c2cn1. The Kier molecular flexibility index (Phi) is 2.47. The third kappa shape index (κ3) is 1.94. The average molecular weight is 278 g/mol. The minimum atomic E-state index is -0.494. The van der Waals surface area contributed by atoms with Crippen molar-refractivity contribution in [3.8, 4) is 11.3 Å². The summed E-state index contributed by atoms with van der Waals surface area (Å²) >= 11 is 0. The zero-order valence-corrected chi connectivity index (χ0v) is 11.3. The van der Waals surface area contributed by atoms with Gasteiger partial charge in [-0.2, -0.15) is 4.39 Å². The van der Waals surface area contributed by atoms with Gasteiger partial charge in [-0.05, 0) is 37.3 Å². The van der Waals surface area contributed by atoms with Gasteiger partial charge in [0, 0.05) is 34.4 Å². The van der Waals surface area contributed by atoms with E-state index in [0.29, 0.717) is 0 Å². The van der Waals surface area contributed by atoms with Crippen molar-refractivity contribution >= 4 is 21.9 Å². The molecule has 102 valence electrons. The number of rotatable bonds is 1. The summed E-state index contributed by atoms with van der Waals surface area (Å²) in [7, 11) is 0. The molecule has 0 aliphatic heterocycles. The number of halogens is 1. The molecular weight excluding hydrogens is 267 g/mol. The second-order valence-corrected chi connectivity index (χ2v) is 4.96. The van der Waals surface area contributed by atoms with Gasteiger partial charge in [0.15, 0.2) is 0 Å². The molecule has 4 rings (SSSR count). The molecule has 0 saturated heterocycles. The first-order chi connectivity index (χ1) is 10.2. The molecule has 0 radical (unpaired) electrons. The summed E-state index contributed by atoms with van der Waals surface area (Å²) in [6.07, 6.45) is 3.34. The number of hydrogen-bond acceptors (Lipinski definition) is 3. The molecule has 0 fully saturated rings. The van der Waals surface area contributed by atoms with Crippen LogP contribution in [0.1, 0.15) is 5.69 Å². The van der Waals surface area contributed by atoms with Crippen LogP contribution in [0.2, 0.25) is 0 Å². The molecule has 21 heavy (non-hydrogen) atoms. The van der Waals surface area contributed by atoms with Gasteiger partial charge in [0.25, 0.3) is 0 Å². The Bertz CT molecular complexity index is 957. The van der Waals surface area contributed by atoms with Crippen molar-refractivity contribution in [2.24, 2.45) is 0 Å². The highest BCUT2D eigenvalue weighted by molar-refractivity contribution is 6.05. The quantitative estimate of drug-likeness (QED) is 0.541. The number of nitrogens with zero attached hydrogens (tertiary/aromatic N) is 3. The van der Waals surface area contributed by atoms with Gasteiger partial charge in [-0.1, -0.05) is 0 Å². The first-order valence-corrected chi connectivity index (χ1v) is 6.58. The summed E-state index contributed by atoms with van der Waals surface area (Å²) in [6, 6.07) is 8.90. The third-order valence-electron chi connectivity index (χ3n) is 3.50. The summed E-state index contributed by atoms with van der Waals surface area (Å²) in [4.78, 5) is 15.9. The molecular formula is C16H11FN4. The van der Waals surface area contributed by atoms with Gasteiger partial charge in [0.05, 0.1) is 11.2 Å². The van der Waals surface area contributed by atoms with E-state index in [0.717, 1.165) is 38.9 Å². The van der Waals surface area contributed by atoms with Gasteiger partial charge in [-0.3, -0.25) is 4.98 Å². The van der Waals surface area contributed by atoms with Gasteiger partial charge in [0.1, 0.15) is 5.65 Å². The van der Waals surface area contributed by atoms with E-state index in [1.807, 2.05) is 31.3 Å². The van der Waals surface area contributed by atoms with Crippen LogP contribution >= 0.6 is 0 Å². The van der Waals surface area contributed by atoms with Crippen LogP contribution in [0.5, 0.6) is 0 Å². The smallest absolute Gasteiger partial charge is 0.212 e. The highest BCUT2D eigenvalue weighted by Crippen LogP contribution is 2.26. The van der Waals surface area contributed by atoms with Crippen molar-refractivity contribution in [3.05, 3.63) is 54.4 Å². The van der Waals surface area contributed by atoms with Crippen LogP contribution in [-0.4, -0.2) is 19.9 Å². The van der Waals surface area contributed by atoms with Crippen molar-refractivity contribution in [2.45, 2.75) is 6.92 Å². The summed E-state index contributed by atoms with van der Waals surface area (Å²) < 4.78 is 12.9. The summed E-state index contributed by atoms with van der Waals surface area (Å²) in [5.74, 6) is -0.494.